The van der Waals surface area contributed by atoms with Crippen molar-refractivity contribution in [1.29, 1.82) is 0 Å². The van der Waals surface area contributed by atoms with E-state index in [4.69, 9.17) is 0 Å². The first kappa shape index (κ1) is 35.4. The quantitative estimate of drug-likeness (QED) is 0.103. The molecule has 0 saturated carbocycles. The number of carbonyl (C=O) groups excluding carboxylic acids is 1. The summed E-state index contributed by atoms with van der Waals surface area (Å²) in [6.07, 6.45) is 0. The van der Waals surface area contributed by atoms with Gasteiger partial charge in [0.15, 0.2) is 5.75 Å². The molecule has 0 heterocycles. The molecule has 5 aromatic rings. The van der Waals surface area contributed by atoms with Crippen molar-refractivity contribution >= 4 is 70.6 Å². The van der Waals surface area contributed by atoms with Crippen molar-refractivity contribution in [1.82, 2.24) is 0 Å². The van der Waals surface area contributed by atoms with Crippen molar-refractivity contribution in [3.8, 4) is 11.5 Å². The number of aromatic hydroxyl groups is 2. The fourth-order valence-corrected chi connectivity index (χ4v) is 5.33. The molecule has 0 unspecified atom stereocenters. The normalized spacial score (nSPS) is 11.6. The molecule has 0 atom stereocenters. The van der Waals surface area contributed by atoms with Gasteiger partial charge in [-0.15, -0.1) is 5.11 Å². The number of phenols is 2. The van der Waals surface area contributed by atoms with Crippen LogP contribution in [-0.4, -0.2) is 42.2 Å². The van der Waals surface area contributed by atoms with Crippen molar-refractivity contribution in [2.75, 3.05) is 10.6 Å². The number of rotatable bonds is 6. The van der Waals surface area contributed by atoms with Crippen LogP contribution in [0.25, 0.3) is 21.5 Å². The van der Waals surface area contributed by atoms with Gasteiger partial charge in [-0.1, -0.05) is 18.2 Å². The van der Waals surface area contributed by atoms with Gasteiger partial charge in [-0.05, 0) is 77.5 Å². The molecule has 0 aliphatic rings. The van der Waals surface area contributed by atoms with Gasteiger partial charge in [-0.3, -0.25) is 0 Å². The van der Waals surface area contributed by atoms with Gasteiger partial charge < -0.3 is 30.0 Å². The number of urea groups is 1. The fourth-order valence-electron chi connectivity index (χ4n) is 4.16. The van der Waals surface area contributed by atoms with E-state index in [1.807, 2.05) is 0 Å². The average molecular weight is 653 g/mol. The maximum Gasteiger partial charge on any atom is 1.00 e. The Morgan fingerprint density at radius 3 is 1.82 bits per heavy atom. The number of hydrogen-bond donors (Lipinski definition) is 4. The molecule has 4 N–H and O–H groups in total. The third-order valence-corrected chi connectivity index (χ3v) is 7.71. The number of phenolic OH excluding ortho intramolecular Hbond substituents is 2. The van der Waals surface area contributed by atoms with Gasteiger partial charge in [-0.2, -0.15) is 5.11 Å². The second kappa shape index (κ2) is 13.9. The Morgan fingerprint density at radius 1 is 0.682 bits per heavy atom. The van der Waals surface area contributed by atoms with E-state index in [0.717, 1.165) is 18.2 Å². The number of hydrogen-bond acceptors (Lipinski definition) is 11. The fraction of sp³-hybridized carbons (Fsp3) is 0. The Morgan fingerprint density at radius 2 is 1.25 bits per heavy atom. The van der Waals surface area contributed by atoms with Crippen molar-refractivity contribution in [2.24, 2.45) is 10.2 Å². The van der Waals surface area contributed by atoms with E-state index in [1.165, 1.54) is 36.4 Å². The van der Waals surface area contributed by atoms with Gasteiger partial charge in [0.2, 0.25) is 0 Å². The maximum absolute atomic E-state index is 12.7. The summed E-state index contributed by atoms with van der Waals surface area (Å²) in [6, 6.07) is 18.7. The summed E-state index contributed by atoms with van der Waals surface area (Å²) in [5.41, 5.74) is 0.169. The second-order valence-corrected chi connectivity index (χ2v) is 11.6. The van der Waals surface area contributed by atoms with Crippen molar-refractivity contribution < 1.29 is 100 Å². The Balaban J connectivity index is 0.00000264. The molecule has 17 heteroatoms. The van der Waals surface area contributed by atoms with Crippen molar-refractivity contribution in [3.05, 3.63) is 84.9 Å². The Bertz CT molecular complexity index is 2150. The minimum absolute atomic E-state index is 0. The summed E-state index contributed by atoms with van der Waals surface area (Å²) in [6.45, 7) is 0. The molecule has 0 bridgehead atoms. The maximum atomic E-state index is 12.7. The Labute approximate surface area is 295 Å². The molecule has 0 aliphatic carbocycles. The molecule has 0 radical (unpaired) electrons. The van der Waals surface area contributed by atoms with Crippen LogP contribution in [0.2, 0.25) is 0 Å². The number of nitrogens with zero attached hydrogens (tertiary/aromatic N) is 2. The molecule has 0 spiro atoms. The monoisotopic (exact) mass is 652 g/mol. The third-order valence-electron chi connectivity index (χ3n) is 6.05. The zero-order valence-corrected chi connectivity index (χ0v) is 28.7. The van der Waals surface area contributed by atoms with E-state index in [-0.39, 0.29) is 92.0 Å². The van der Waals surface area contributed by atoms with Gasteiger partial charge in [0.25, 0.3) is 0 Å². The number of azo groups is 1. The van der Waals surface area contributed by atoms with Crippen LogP contribution in [-0.2, 0) is 20.2 Å². The summed E-state index contributed by atoms with van der Waals surface area (Å²) in [7, 11) is -9.94. The first-order chi connectivity index (χ1) is 19.8. The van der Waals surface area contributed by atoms with Gasteiger partial charge in [0.1, 0.15) is 31.7 Å². The molecule has 0 aromatic heterocycles. The SMILES string of the molecule is O=C(Nc1ccc2c(O)cc(S(=O)(=O)[O-])cc2c1)Nc1ccc2c(O)c(N=Nc3ccccc3)c(S(=O)(=O)[O-])cc2c1.[Na+].[Na+]. The van der Waals surface area contributed by atoms with E-state index in [2.05, 4.69) is 20.9 Å². The zero-order chi connectivity index (χ0) is 30.2. The van der Waals surface area contributed by atoms with E-state index in [1.54, 1.807) is 30.3 Å². The number of benzene rings is 5. The summed E-state index contributed by atoms with van der Waals surface area (Å²) >= 11 is 0. The molecule has 0 fully saturated rings. The zero-order valence-electron chi connectivity index (χ0n) is 23.0. The number of carbonyl (C=O) groups is 1. The summed E-state index contributed by atoms with van der Waals surface area (Å²) in [5, 5.41) is 34.2. The molecule has 13 nitrogen and oxygen atoms in total. The van der Waals surface area contributed by atoms with Crippen LogP contribution in [0.15, 0.2) is 105 Å². The van der Waals surface area contributed by atoms with Gasteiger partial charge in [0, 0.05) is 22.1 Å². The van der Waals surface area contributed by atoms with E-state index in [0.29, 0.717) is 5.69 Å². The topological polar surface area (TPSA) is 221 Å². The van der Waals surface area contributed by atoms with Crippen LogP contribution in [0.1, 0.15) is 0 Å². The molecular weight excluding hydrogens is 634 g/mol. The number of anilines is 2. The van der Waals surface area contributed by atoms with Gasteiger partial charge >= 0.3 is 65.1 Å². The minimum atomic E-state index is -5.10. The molecule has 5 rings (SSSR count). The largest absolute Gasteiger partial charge is 1.00 e. The van der Waals surface area contributed by atoms with Crippen LogP contribution in [0.5, 0.6) is 11.5 Å². The summed E-state index contributed by atoms with van der Waals surface area (Å²) in [4.78, 5) is 11.2. The van der Waals surface area contributed by atoms with E-state index >= 15 is 0 Å². The molecule has 0 saturated heterocycles. The van der Waals surface area contributed by atoms with Crippen LogP contribution in [0.3, 0.4) is 0 Å². The number of amides is 2. The predicted octanol–water partition coefficient (Wildman–Crippen LogP) is -0.720. The van der Waals surface area contributed by atoms with Crippen molar-refractivity contribution in [3.63, 3.8) is 0 Å². The van der Waals surface area contributed by atoms with Crippen LogP contribution in [0.4, 0.5) is 27.5 Å². The second-order valence-electron chi connectivity index (χ2n) is 8.91. The third kappa shape index (κ3) is 7.94. The summed E-state index contributed by atoms with van der Waals surface area (Å²) < 4.78 is 70.1. The first-order valence-electron chi connectivity index (χ1n) is 11.8. The van der Waals surface area contributed by atoms with Crippen LogP contribution in [0, 0.1) is 0 Å². The van der Waals surface area contributed by atoms with Gasteiger partial charge in [0.05, 0.1) is 15.5 Å². The van der Waals surface area contributed by atoms with Crippen LogP contribution < -0.4 is 69.7 Å². The Hall–Kier alpha value is -3.09. The molecule has 2 amide bonds. The standard InChI is InChI=1S/C27H20N4O9S2.2Na/c32-23-14-20(41(35,36)37)12-15-10-18(6-8-21(15)23)28-27(34)29-19-7-9-22-16(11-19)13-24(42(38,39)40)25(26(22)33)31-30-17-4-2-1-3-5-17;;/h1-14,32-33H,(H2,28,29,34)(H,35,36,37)(H,38,39,40);;/q;2*+1/p-2. The number of nitrogens with one attached hydrogen (secondary N) is 2. The molecule has 5 aromatic carbocycles. The number of fused-ring (bicyclic) bond motifs is 2. The Kier molecular flexibility index (Phi) is 11.2. The molecule has 0 aliphatic heterocycles. The smallest absolute Gasteiger partial charge is 0.744 e. The minimum Gasteiger partial charge on any atom is -0.744 e. The molecule has 44 heavy (non-hydrogen) atoms. The van der Waals surface area contributed by atoms with Gasteiger partial charge in [-0.25, -0.2) is 21.6 Å². The summed E-state index contributed by atoms with van der Waals surface area (Å²) in [5.74, 6) is -1.03. The van der Waals surface area contributed by atoms with E-state index < -0.39 is 53.2 Å². The van der Waals surface area contributed by atoms with Crippen molar-refractivity contribution in [2.45, 2.75) is 9.79 Å². The van der Waals surface area contributed by atoms with E-state index in [9.17, 15) is 40.9 Å². The molecule has 214 valence electrons. The van der Waals surface area contributed by atoms with Crippen LogP contribution >= 0.6 is 0 Å². The average Bonchev–Trinajstić information content (AvgIpc) is 2.91. The predicted molar refractivity (Wildman–Crippen MR) is 150 cm³/mol. The first-order valence-corrected chi connectivity index (χ1v) is 14.6. The molecular formula is C27H18N4Na2O9S2.